The number of anilines is 1. The van der Waals surface area contributed by atoms with Crippen LogP contribution >= 0.6 is 23.2 Å². The molecule has 0 atom stereocenters. The molecule has 4 rings (SSSR count). The molecule has 0 aliphatic carbocycles. The van der Waals surface area contributed by atoms with E-state index < -0.39 is 0 Å². The zero-order valence-corrected chi connectivity index (χ0v) is 17.7. The van der Waals surface area contributed by atoms with E-state index in [0.29, 0.717) is 38.6 Å². The van der Waals surface area contributed by atoms with Gasteiger partial charge in [-0.2, -0.15) is 4.98 Å². The van der Waals surface area contributed by atoms with Crippen molar-refractivity contribution in [2.24, 2.45) is 0 Å². The van der Waals surface area contributed by atoms with Gasteiger partial charge in [0.25, 0.3) is 5.91 Å². The van der Waals surface area contributed by atoms with E-state index in [9.17, 15) is 4.79 Å². The predicted octanol–water partition coefficient (Wildman–Crippen LogP) is 5.83. The Kier molecular flexibility index (Phi) is 5.61. The number of nitrogens with zero attached hydrogens (tertiary/aromatic N) is 2. The van der Waals surface area contributed by atoms with Crippen molar-refractivity contribution in [1.82, 2.24) is 9.97 Å². The van der Waals surface area contributed by atoms with E-state index in [1.807, 2.05) is 26.0 Å². The van der Waals surface area contributed by atoms with Crippen LogP contribution in [0.4, 0.5) is 5.69 Å². The molecule has 6 nitrogen and oxygen atoms in total. The first-order chi connectivity index (χ1) is 14.4. The zero-order valence-electron chi connectivity index (χ0n) is 16.2. The molecular weight excluding hydrogens is 425 g/mol. The van der Waals surface area contributed by atoms with Crippen molar-refractivity contribution in [3.8, 4) is 17.2 Å². The second-order valence-corrected chi connectivity index (χ2v) is 7.54. The third kappa shape index (κ3) is 4.10. The molecule has 0 saturated heterocycles. The maximum Gasteiger partial charge on any atom is 0.262 e. The van der Waals surface area contributed by atoms with Crippen molar-refractivity contribution in [2.45, 2.75) is 13.8 Å². The average molecular weight is 442 g/mol. The van der Waals surface area contributed by atoms with Gasteiger partial charge in [-0.05, 0) is 61.4 Å². The summed E-state index contributed by atoms with van der Waals surface area (Å²) < 4.78 is 11.4. The molecule has 2 aromatic heterocycles. The van der Waals surface area contributed by atoms with Gasteiger partial charge in [0.05, 0.1) is 5.02 Å². The van der Waals surface area contributed by atoms with E-state index >= 15 is 0 Å². The van der Waals surface area contributed by atoms with Crippen molar-refractivity contribution in [3.05, 3.63) is 69.8 Å². The van der Waals surface area contributed by atoms with Crippen molar-refractivity contribution in [3.63, 3.8) is 0 Å². The highest BCUT2D eigenvalue weighted by molar-refractivity contribution is 6.35. The Bertz CT molecular complexity index is 1200. The molecule has 0 unspecified atom stereocenters. The number of benzene rings is 2. The number of halogens is 2. The number of aromatic nitrogens is 2. The lowest BCUT2D eigenvalue weighted by Gasteiger charge is -2.13. The fourth-order valence-corrected chi connectivity index (χ4v) is 3.73. The molecule has 0 aliphatic rings. The monoisotopic (exact) mass is 441 g/mol. The van der Waals surface area contributed by atoms with Gasteiger partial charge in [-0.1, -0.05) is 29.3 Å². The van der Waals surface area contributed by atoms with Gasteiger partial charge in [0.1, 0.15) is 5.75 Å². The number of hydrogen-bond acceptors (Lipinski definition) is 5. The van der Waals surface area contributed by atoms with Crippen LogP contribution in [0.3, 0.4) is 0 Å². The van der Waals surface area contributed by atoms with Crippen molar-refractivity contribution < 1.29 is 13.9 Å². The van der Waals surface area contributed by atoms with Crippen LogP contribution in [0.2, 0.25) is 10.0 Å². The molecule has 30 heavy (non-hydrogen) atoms. The maximum atomic E-state index is 12.5. The van der Waals surface area contributed by atoms with Crippen molar-refractivity contribution in [2.75, 3.05) is 11.9 Å². The largest absolute Gasteiger partial charge is 0.482 e. The summed E-state index contributed by atoms with van der Waals surface area (Å²) in [6.07, 6.45) is 1.66. The molecule has 0 aliphatic heterocycles. The molecule has 1 N–H and O–H groups in total. The fraction of sp³-hybridized carbons (Fsp3) is 0.136. The highest BCUT2D eigenvalue weighted by Gasteiger charge is 2.15. The van der Waals surface area contributed by atoms with Crippen LogP contribution in [0, 0.1) is 13.8 Å². The molecule has 0 spiro atoms. The van der Waals surface area contributed by atoms with Gasteiger partial charge in [-0.25, -0.2) is 4.98 Å². The number of rotatable bonds is 5. The number of nitrogens with one attached hydrogen (secondary N) is 1. The zero-order chi connectivity index (χ0) is 21.3. The Morgan fingerprint density at radius 3 is 2.77 bits per heavy atom. The summed E-state index contributed by atoms with van der Waals surface area (Å²) in [6.45, 7) is 3.50. The highest BCUT2D eigenvalue weighted by Crippen LogP contribution is 2.32. The van der Waals surface area contributed by atoms with Crippen LogP contribution in [0.1, 0.15) is 11.1 Å². The molecule has 4 aromatic rings. The maximum absolute atomic E-state index is 12.5. The van der Waals surface area contributed by atoms with Crippen molar-refractivity contribution in [1.29, 1.82) is 0 Å². The van der Waals surface area contributed by atoms with E-state index in [2.05, 4.69) is 15.3 Å². The number of carbonyl (C=O) groups excluding carboxylic acids is 1. The Hall–Kier alpha value is -3.09. The Labute approximate surface area is 182 Å². The Morgan fingerprint density at radius 2 is 2.00 bits per heavy atom. The van der Waals surface area contributed by atoms with Crippen molar-refractivity contribution >= 4 is 46.0 Å². The minimum atomic E-state index is -0.320. The summed E-state index contributed by atoms with van der Waals surface area (Å²) in [5.41, 5.74) is 4.11. The van der Waals surface area contributed by atoms with Gasteiger partial charge in [-0.15, -0.1) is 0 Å². The number of hydrogen-bond donors (Lipinski definition) is 1. The third-order valence-corrected chi connectivity index (χ3v) is 5.04. The van der Waals surface area contributed by atoms with Crippen LogP contribution in [0.25, 0.3) is 22.7 Å². The summed E-state index contributed by atoms with van der Waals surface area (Å²) >= 11 is 12.1. The van der Waals surface area contributed by atoms with Gasteiger partial charge in [0.15, 0.2) is 17.8 Å². The van der Waals surface area contributed by atoms with Crippen LogP contribution in [-0.4, -0.2) is 22.5 Å². The minimum absolute atomic E-state index is 0.196. The summed E-state index contributed by atoms with van der Waals surface area (Å²) in [5.74, 6) is 0.553. The Morgan fingerprint density at radius 1 is 1.17 bits per heavy atom. The normalized spacial score (nSPS) is 10.9. The molecule has 2 heterocycles. The summed E-state index contributed by atoms with van der Waals surface area (Å²) in [6, 6.07) is 12.4. The topological polar surface area (TPSA) is 77.2 Å². The Balaban J connectivity index is 1.51. The van der Waals surface area contributed by atoms with Gasteiger partial charge in [0, 0.05) is 22.5 Å². The van der Waals surface area contributed by atoms with Crippen LogP contribution in [0.15, 0.2) is 53.1 Å². The fourth-order valence-electron chi connectivity index (χ4n) is 3.08. The smallest absolute Gasteiger partial charge is 0.262 e. The number of fused-ring (bicyclic) bond motifs is 1. The van der Waals surface area contributed by atoms with Gasteiger partial charge >= 0.3 is 0 Å². The molecule has 0 bridgehead atoms. The number of pyridine rings is 1. The average Bonchev–Trinajstić information content (AvgIpc) is 3.12. The SMILES string of the molecule is Cc1cc(Cl)cc(Cl)c1OCC(=O)Nc1cccc(-c2nc3ncccc3o2)c1C. The molecule has 1 amide bonds. The first kappa shape index (κ1) is 20.2. The highest BCUT2D eigenvalue weighted by atomic mass is 35.5. The number of amides is 1. The van der Waals surface area contributed by atoms with Gasteiger partial charge < -0.3 is 14.5 Å². The number of ether oxygens (including phenoxy) is 1. The minimum Gasteiger partial charge on any atom is -0.482 e. The van der Waals surface area contributed by atoms with E-state index in [0.717, 1.165) is 16.7 Å². The van der Waals surface area contributed by atoms with Gasteiger partial charge in [0.2, 0.25) is 5.89 Å². The lowest BCUT2D eigenvalue weighted by molar-refractivity contribution is -0.118. The predicted molar refractivity (Wildman–Crippen MR) is 117 cm³/mol. The second-order valence-electron chi connectivity index (χ2n) is 6.69. The summed E-state index contributed by atoms with van der Waals surface area (Å²) in [4.78, 5) is 21.1. The lowest BCUT2D eigenvalue weighted by atomic mass is 10.1. The van der Waals surface area contributed by atoms with E-state index in [1.165, 1.54) is 0 Å². The van der Waals surface area contributed by atoms with Gasteiger partial charge in [-0.3, -0.25) is 4.79 Å². The van der Waals surface area contributed by atoms with E-state index in [1.54, 1.807) is 36.5 Å². The van der Waals surface area contributed by atoms with E-state index in [4.69, 9.17) is 32.4 Å². The second kappa shape index (κ2) is 8.34. The molecule has 8 heteroatoms. The standard InChI is InChI=1S/C22H17Cl2N3O3/c1-12-9-14(23)10-16(24)20(12)29-11-19(28)26-17-6-3-5-15(13(17)2)22-27-21-18(30-22)7-4-8-25-21/h3-10H,11H2,1-2H3,(H,26,28). The number of aryl methyl sites for hydroxylation is 1. The number of carbonyl (C=O) groups is 1. The van der Waals surface area contributed by atoms with Crippen LogP contribution in [-0.2, 0) is 4.79 Å². The molecular formula is C22H17Cl2N3O3. The first-order valence-electron chi connectivity index (χ1n) is 9.12. The first-order valence-corrected chi connectivity index (χ1v) is 9.88. The molecule has 0 saturated carbocycles. The number of oxazole rings is 1. The molecule has 0 fully saturated rings. The lowest BCUT2D eigenvalue weighted by Crippen LogP contribution is -2.21. The summed E-state index contributed by atoms with van der Waals surface area (Å²) in [5, 5.41) is 3.72. The molecule has 152 valence electrons. The van der Waals surface area contributed by atoms with Crippen LogP contribution in [0.5, 0.6) is 5.75 Å². The molecule has 0 radical (unpaired) electrons. The quantitative estimate of drug-likeness (QED) is 0.421. The van der Waals surface area contributed by atoms with Crippen LogP contribution < -0.4 is 10.1 Å². The molecule has 2 aromatic carbocycles. The van der Waals surface area contributed by atoms with E-state index in [-0.39, 0.29) is 12.5 Å². The summed E-state index contributed by atoms with van der Waals surface area (Å²) in [7, 11) is 0. The third-order valence-electron chi connectivity index (χ3n) is 4.54.